The van der Waals surface area contributed by atoms with Crippen LogP contribution in [-0.2, 0) is 16.1 Å². The molecule has 0 aromatic heterocycles. The summed E-state index contributed by atoms with van der Waals surface area (Å²) in [5.41, 5.74) is 6.30. The summed E-state index contributed by atoms with van der Waals surface area (Å²) in [6.07, 6.45) is 2.50. The van der Waals surface area contributed by atoms with Gasteiger partial charge in [-0.05, 0) is 31.7 Å². The number of carbonyl (C=O) groups excluding carboxylic acids is 1. The van der Waals surface area contributed by atoms with Crippen molar-refractivity contribution in [2.45, 2.75) is 31.7 Å². The highest BCUT2D eigenvalue weighted by Crippen LogP contribution is 2.16. The molecule has 1 aromatic carbocycles. The molecule has 1 saturated heterocycles. The molecule has 1 aliphatic rings. The Labute approximate surface area is 108 Å². The molecular formula is C14H20N2O2. The van der Waals surface area contributed by atoms with E-state index in [0.717, 1.165) is 18.4 Å². The first-order valence-corrected chi connectivity index (χ1v) is 6.37. The number of hydroxylamine groups is 2. The van der Waals surface area contributed by atoms with Crippen molar-refractivity contribution in [3.05, 3.63) is 35.9 Å². The zero-order chi connectivity index (χ0) is 13.0. The van der Waals surface area contributed by atoms with Gasteiger partial charge in [-0.15, -0.1) is 0 Å². The van der Waals surface area contributed by atoms with Crippen LogP contribution in [0, 0.1) is 0 Å². The van der Waals surface area contributed by atoms with Gasteiger partial charge >= 0.3 is 0 Å². The molecule has 1 amide bonds. The van der Waals surface area contributed by atoms with Crippen LogP contribution in [-0.4, -0.2) is 29.7 Å². The lowest BCUT2D eigenvalue weighted by atomic mass is 9.93. The van der Waals surface area contributed by atoms with E-state index in [1.165, 1.54) is 5.06 Å². The monoisotopic (exact) mass is 248 g/mol. The molecule has 1 aliphatic heterocycles. The Bertz CT molecular complexity index is 398. The fourth-order valence-electron chi connectivity index (χ4n) is 2.14. The smallest absolute Gasteiger partial charge is 0.266 e. The number of rotatable bonds is 3. The number of hydrogen-bond acceptors (Lipinski definition) is 3. The molecule has 0 bridgehead atoms. The second kappa shape index (κ2) is 5.50. The van der Waals surface area contributed by atoms with Crippen molar-refractivity contribution in [3.8, 4) is 0 Å². The summed E-state index contributed by atoms with van der Waals surface area (Å²) in [4.78, 5) is 17.7. The van der Waals surface area contributed by atoms with Crippen LogP contribution >= 0.6 is 0 Å². The molecule has 0 radical (unpaired) electrons. The standard InChI is InChI=1S/C14H20N2O2/c1-14(15,11-12-7-3-2-4-8-12)13(17)16-9-5-6-10-18-16/h2-4,7-8H,5-6,9-11,15H2,1H3/t14-/m0/s1. The minimum absolute atomic E-state index is 0.133. The van der Waals surface area contributed by atoms with Crippen molar-refractivity contribution in [1.82, 2.24) is 5.06 Å². The van der Waals surface area contributed by atoms with E-state index in [1.54, 1.807) is 6.92 Å². The van der Waals surface area contributed by atoms with Gasteiger partial charge in [0.15, 0.2) is 0 Å². The topological polar surface area (TPSA) is 55.6 Å². The second-order valence-corrected chi connectivity index (χ2v) is 5.03. The van der Waals surface area contributed by atoms with Crippen molar-refractivity contribution >= 4 is 5.91 Å². The highest BCUT2D eigenvalue weighted by Gasteiger charge is 2.34. The Morgan fingerprint density at radius 1 is 1.39 bits per heavy atom. The zero-order valence-corrected chi connectivity index (χ0v) is 10.8. The molecule has 2 N–H and O–H groups in total. The Hall–Kier alpha value is -1.39. The molecule has 18 heavy (non-hydrogen) atoms. The van der Waals surface area contributed by atoms with Gasteiger partial charge in [0, 0.05) is 6.54 Å². The molecule has 1 heterocycles. The number of hydrogen-bond donors (Lipinski definition) is 1. The summed E-state index contributed by atoms with van der Waals surface area (Å²) in [6, 6.07) is 9.82. The fraction of sp³-hybridized carbons (Fsp3) is 0.500. The number of nitrogens with two attached hydrogens (primary N) is 1. The van der Waals surface area contributed by atoms with Crippen molar-refractivity contribution in [2.24, 2.45) is 5.73 Å². The van der Waals surface area contributed by atoms with Crippen molar-refractivity contribution in [2.75, 3.05) is 13.2 Å². The van der Waals surface area contributed by atoms with Gasteiger partial charge in [0.2, 0.25) is 0 Å². The lowest BCUT2D eigenvalue weighted by Gasteiger charge is -2.33. The van der Waals surface area contributed by atoms with Crippen LogP contribution in [0.5, 0.6) is 0 Å². The predicted molar refractivity (Wildman–Crippen MR) is 69.6 cm³/mol. The summed E-state index contributed by atoms with van der Waals surface area (Å²) in [5.74, 6) is -0.133. The van der Waals surface area contributed by atoms with E-state index in [2.05, 4.69) is 0 Å². The third kappa shape index (κ3) is 3.09. The average molecular weight is 248 g/mol. The van der Waals surface area contributed by atoms with Crippen LogP contribution in [0.4, 0.5) is 0 Å². The van der Waals surface area contributed by atoms with Gasteiger partial charge in [0.25, 0.3) is 5.91 Å². The van der Waals surface area contributed by atoms with Crippen LogP contribution in [0.3, 0.4) is 0 Å². The summed E-state index contributed by atoms with van der Waals surface area (Å²) in [5, 5.41) is 1.42. The minimum atomic E-state index is -0.918. The largest absolute Gasteiger partial charge is 0.317 e. The summed E-state index contributed by atoms with van der Waals surface area (Å²) in [7, 11) is 0. The lowest BCUT2D eigenvalue weighted by Crippen LogP contribution is -2.55. The molecule has 98 valence electrons. The number of benzene rings is 1. The van der Waals surface area contributed by atoms with Gasteiger partial charge in [0.1, 0.15) is 0 Å². The fourth-order valence-corrected chi connectivity index (χ4v) is 2.14. The van der Waals surface area contributed by atoms with E-state index in [0.29, 0.717) is 19.6 Å². The third-order valence-electron chi connectivity index (χ3n) is 3.13. The average Bonchev–Trinajstić information content (AvgIpc) is 2.39. The van der Waals surface area contributed by atoms with Crippen LogP contribution in [0.25, 0.3) is 0 Å². The van der Waals surface area contributed by atoms with Gasteiger partial charge in [-0.1, -0.05) is 30.3 Å². The predicted octanol–water partition coefficient (Wildman–Crippen LogP) is 1.50. The van der Waals surface area contributed by atoms with Crippen LogP contribution < -0.4 is 5.73 Å². The lowest BCUT2D eigenvalue weighted by molar-refractivity contribution is -0.202. The number of amides is 1. The normalized spacial score (nSPS) is 19.3. The highest BCUT2D eigenvalue weighted by atomic mass is 16.7. The Morgan fingerprint density at radius 3 is 2.72 bits per heavy atom. The maximum atomic E-state index is 12.3. The van der Waals surface area contributed by atoms with Crippen LogP contribution in [0.2, 0.25) is 0 Å². The molecule has 2 rings (SSSR count). The third-order valence-corrected chi connectivity index (χ3v) is 3.13. The first-order valence-electron chi connectivity index (χ1n) is 6.37. The van der Waals surface area contributed by atoms with E-state index in [-0.39, 0.29) is 5.91 Å². The van der Waals surface area contributed by atoms with E-state index in [1.807, 2.05) is 30.3 Å². The van der Waals surface area contributed by atoms with Crippen LogP contribution in [0.1, 0.15) is 25.3 Å². The van der Waals surface area contributed by atoms with Crippen LogP contribution in [0.15, 0.2) is 30.3 Å². The summed E-state index contributed by atoms with van der Waals surface area (Å²) >= 11 is 0. The molecule has 0 saturated carbocycles. The van der Waals surface area contributed by atoms with Crippen molar-refractivity contribution < 1.29 is 9.63 Å². The Morgan fingerprint density at radius 2 is 2.11 bits per heavy atom. The van der Waals surface area contributed by atoms with Gasteiger partial charge in [-0.3, -0.25) is 9.63 Å². The first kappa shape index (κ1) is 13.1. The van der Waals surface area contributed by atoms with Gasteiger partial charge < -0.3 is 5.73 Å². The maximum absolute atomic E-state index is 12.3. The SMILES string of the molecule is C[C@](N)(Cc1ccccc1)C(=O)N1CCCCO1. The molecule has 0 aliphatic carbocycles. The van der Waals surface area contributed by atoms with Gasteiger partial charge in [0.05, 0.1) is 12.1 Å². The first-order chi connectivity index (χ1) is 8.59. The van der Waals surface area contributed by atoms with Gasteiger partial charge in [-0.2, -0.15) is 0 Å². The molecule has 0 spiro atoms. The highest BCUT2D eigenvalue weighted by molar-refractivity contribution is 5.85. The van der Waals surface area contributed by atoms with E-state index < -0.39 is 5.54 Å². The quantitative estimate of drug-likeness (QED) is 0.882. The number of carbonyl (C=O) groups is 1. The molecule has 4 heteroatoms. The van der Waals surface area contributed by atoms with Crippen molar-refractivity contribution in [3.63, 3.8) is 0 Å². The van der Waals surface area contributed by atoms with E-state index >= 15 is 0 Å². The molecule has 1 fully saturated rings. The summed E-state index contributed by atoms with van der Waals surface area (Å²) < 4.78 is 0. The Balaban J connectivity index is 2.03. The van der Waals surface area contributed by atoms with E-state index in [9.17, 15) is 4.79 Å². The summed E-state index contributed by atoms with van der Waals surface area (Å²) in [6.45, 7) is 3.01. The second-order valence-electron chi connectivity index (χ2n) is 5.03. The molecule has 1 aromatic rings. The maximum Gasteiger partial charge on any atom is 0.266 e. The molecule has 1 atom stereocenters. The number of nitrogens with zero attached hydrogens (tertiary/aromatic N) is 1. The minimum Gasteiger partial charge on any atom is -0.317 e. The van der Waals surface area contributed by atoms with E-state index in [4.69, 9.17) is 10.6 Å². The molecule has 4 nitrogen and oxygen atoms in total. The molecule has 0 unspecified atom stereocenters. The van der Waals surface area contributed by atoms with Crippen molar-refractivity contribution in [1.29, 1.82) is 0 Å². The van der Waals surface area contributed by atoms with Gasteiger partial charge in [-0.25, -0.2) is 5.06 Å². The zero-order valence-electron chi connectivity index (χ0n) is 10.8. The molecular weight excluding hydrogens is 228 g/mol. The Kier molecular flexibility index (Phi) is 3.99.